The van der Waals surface area contributed by atoms with Crippen molar-refractivity contribution in [1.29, 1.82) is 0 Å². The minimum Gasteiger partial charge on any atom is -0.340 e. The number of aromatic nitrogens is 1. The zero-order valence-electron chi connectivity index (χ0n) is 11.0. The van der Waals surface area contributed by atoms with E-state index in [-0.39, 0.29) is 0 Å². The summed E-state index contributed by atoms with van der Waals surface area (Å²) in [6.45, 7) is 1.10. The number of halogens is 1. The Kier molecular flexibility index (Phi) is 3.98. The van der Waals surface area contributed by atoms with E-state index in [1.807, 2.05) is 42.7 Å². The number of benzene rings is 1. The summed E-state index contributed by atoms with van der Waals surface area (Å²) in [5.74, 6) is -0.894. The molecular formula is C15H14ClNO2S. The van der Waals surface area contributed by atoms with Crippen molar-refractivity contribution in [2.45, 2.75) is 10.8 Å². The van der Waals surface area contributed by atoms with Crippen molar-refractivity contribution in [3.63, 3.8) is 0 Å². The highest BCUT2D eigenvalue weighted by Gasteiger charge is 2.41. The summed E-state index contributed by atoms with van der Waals surface area (Å²) in [6.07, 6.45) is 3.72. The van der Waals surface area contributed by atoms with E-state index in [9.17, 15) is 0 Å². The van der Waals surface area contributed by atoms with E-state index in [1.165, 1.54) is 11.8 Å². The van der Waals surface area contributed by atoms with Crippen LogP contribution in [0.25, 0.3) is 0 Å². The van der Waals surface area contributed by atoms with Crippen LogP contribution in [0.1, 0.15) is 11.1 Å². The van der Waals surface area contributed by atoms with Gasteiger partial charge in [0.1, 0.15) is 5.03 Å². The van der Waals surface area contributed by atoms with Crippen molar-refractivity contribution in [1.82, 2.24) is 4.98 Å². The first-order valence-electron chi connectivity index (χ1n) is 6.30. The molecule has 1 aromatic heterocycles. The SMILES string of the molecule is CSc1ncc(C2(c3ccccc3)OCCO2)cc1Cl. The van der Waals surface area contributed by atoms with Gasteiger partial charge in [-0.15, -0.1) is 11.8 Å². The summed E-state index contributed by atoms with van der Waals surface area (Å²) in [6, 6.07) is 11.7. The van der Waals surface area contributed by atoms with Gasteiger partial charge in [0.15, 0.2) is 0 Å². The fraction of sp³-hybridized carbons (Fsp3) is 0.267. The van der Waals surface area contributed by atoms with Gasteiger partial charge in [0.05, 0.1) is 18.2 Å². The molecule has 0 saturated carbocycles. The second-order valence-electron chi connectivity index (χ2n) is 4.39. The zero-order chi connectivity index (χ0) is 14.0. The van der Waals surface area contributed by atoms with Gasteiger partial charge in [-0.1, -0.05) is 41.9 Å². The molecule has 1 aliphatic rings. The van der Waals surface area contributed by atoms with Gasteiger partial charge < -0.3 is 9.47 Å². The molecular weight excluding hydrogens is 294 g/mol. The van der Waals surface area contributed by atoms with Gasteiger partial charge in [-0.05, 0) is 12.3 Å². The monoisotopic (exact) mass is 307 g/mol. The Balaban J connectivity index is 2.10. The number of hydrogen-bond acceptors (Lipinski definition) is 4. The van der Waals surface area contributed by atoms with Gasteiger partial charge in [-0.25, -0.2) is 4.98 Å². The van der Waals surface area contributed by atoms with Crippen LogP contribution < -0.4 is 0 Å². The van der Waals surface area contributed by atoms with Crippen molar-refractivity contribution < 1.29 is 9.47 Å². The maximum atomic E-state index is 6.26. The van der Waals surface area contributed by atoms with Gasteiger partial charge >= 0.3 is 0 Å². The van der Waals surface area contributed by atoms with Crippen molar-refractivity contribution in [2.24, 2.45) is 0 Å². The minimum atomic E-state index is -0.894. The Hall–Kier alpha value is -1.07. The molecule has 0 bridgehead atoms. The predicted molar refractivity (Wildman–Crippen MR) is 80.2 cm³/mol. The summed E-state index contributed by atoms with van der Waals surface area (Å²) >= 11 is 7.78. The third-order valence-corrected chi connectivity index (χ3v) is 4.34. The number of nitrogens with zero attached hydrogens (tertiary/aromatic N) is 1. The van der Waals surface area contributed by atoms with E-state index in [2.05, 4.69) is 4.98 Å². The van der Waals surface area contributed by atoms with Crippen LogP contribution in [0.2, 0.25) is 5.02 Å². The molecule has 104 valence electrons. The predicted octanol–water partition coefficient (Wildman–Crippen LogP) is 3.70. The first kappa shape index (κ1) is 13.9. The van der Waals surface area contributed by atoms with Crippen molar-refractivity contribution in [2.75, 3.05) is 19.5 Å². The van der Waals surface area contributed by atoms with E-state index < -0.39 is 5.79 Å². The Morgan fingerprint density at radius 3 is 2.45 bits per heavy atom. The molecule has 2 heterocycles. The lowest BCUT2D eigenvalue weighted by Crippen LogP contribution is -2.28. The maximum Gasteiger partial charge on any atom is 0.224 e. The highest BCUT2D eigenvalue weighted by atomic mass is 35.5. The summed E-state index contributed by atoms with van der Waals surface area (Å²) in [7, 11) is 0. The molecule has 1 saturated heterocycles. The number of ether oxygens (including phenoxy) is 2. The second-order valence-corrected chi connectivity index (χ2v) is 5.60. The first-order chi connectivity index (χ1) is 9.76. The average molecular weight is 308 g/mol. The molecule has 1 aliphatic heterocycles. The van der Waals surface area contributed by atoms with Crippen LogP contribution in [0.4, 0.5) is 0 Å². The number of thioether (sulfide) groups is 1. The number of hydrogen-bond donors (Lipinski definition) is 0. The van der Waals surface area contributed by atoms with Gasteiger partial charge in [0.2, 0.25) is 5.79 Å². The second kappa shape index (κ2) is 5.74. The van der Waals surface area contributed by atoms with Crippen LogP contribution in [0.3, 0.4) is 0 Å². The number of pyridine rings is 1. The summed E-state index contributed by atoms with van der Waals surface area (Å²) in [4.78, 5) is 4.38. The molecule has 1 aromatic carbocycles. The van der Waals surface area contributed by atoms with Crippen molar-refractivity contribution in [3.8, 4) is 0 Å². The van der Waals surface area contributed by atoms with Gasteiger partial charge in [-0.3, -0.25) is 0 Å². The summed E-state index contributed by atoms with van der Waals surface area (Å²) in [5, 5.41) is 1.42. The standard InChI is InChI=1S/C15H14ClNO2S/c1-20-14-13(16)9-12(10-17-14)15(18-7-8-19-15)11-5-3-2-4-6-11/h2-6,9-10H,7-8H2,1H3. The molecule has 1 fully saturated rings. The van der Waals surface area contributed by atoms with Gasteiger partial charge in [0, 0.05) is 17.3 Å². The third-order valence-electron chi connectivity index (χ3n) is 3.23. The van der Waals surface area contributed by atoms with Gasteiger partial charge in [0.25, 0.3) is 0 Å². The highest BCUT2D eigenvalue weighted by Crippen LogP contribution is 2.39. The van der Waals surface area contributed by atoms with Crippen LogP contribution in [0.5, 0.6) is 0 Å². The van der Waals surface area contributed by atoms with E-state index in [1.54, 1.807) is 6.20 Å². The minimum absolute atomic E-state index is 0.552. The molecule has 0 atom stereocenters. The number of rotatable bonds is 3. The lowest BCUT2D eigenvalue weighted by molar-refractivity contribution is -0.130. The Labute approximate surface area is 127 Å². The third kappa shape index (κ3) is 2.33. The topological polar surface area (TPSA) is 31.4 Å². The highest BCUT2D eigenvalue weighted by molar-refractivity contribution is 7.98. The molecule has 20 heavy (non-hydrogen) atoms. The average Bonchev–Trinajstić information content (AvgIpc) is 2.99. The van der Waals surface area contributed by atoms with E-state index in [0.717, 1.165) is 16.2 Å². The Bertz CT molecular complexity index is 600. The van der Waals surface area contributed by atoms with Crippen LogP contribution in [0.15, 0.2) is 47.6 Å². The Morgan fingerprint density at radius 1 is 1.15 bits per heavy atom. The fourth-order valence-electron chi connectivity index (χ4n) is 2.33. The van der Waals surface area contributed by atoms with Crippen LogP contribution in [0, 0.1) is 0 Å². The van der Waals surface area contributed by atoms with Crippen molar-refractivity contribution >= 4 is 23.4 Å². The van der Waals surface area contributed by atoms with Crippen LogP contribution >= 0.6 is 23.4 Å². The molecule has 3 nitrogen and oxygen atoms in total. The zero-order valence-corrected chi connectivity index (χ0v) is 12.6. The summed E-state index contributed by atoms with van der Waals surface area (Å²) in [5.41, 5.74) is 1.77. The quantitative estimate of drug-likeness (QED) is 0.809. The molecule has 0 unspecified atom stereocenters. The summed E-state index contributed by atoms with van der Waals surface area (Å²) < 4.78 is 11.8. The molecule has 3 rings (SSSR count). The largest absolute Gasteiger partial charge is 0.340 e. The maximum absolute atomic E-state index is 6.26. The molecule has 0 amide bonds. The lowest BCUT2D eigenvalue weighted by atomic mass is 9.99. The smallest absolute Gasteiger partial charge is 0.224 e. The fourth-order valence-corrected chi connectivity index (χ4v) is 3.14. The molecule has 0 spiro atoms. The molecule has 2 aromatic rings. The molecule has 0 aliphatic carbocycles. The van der Waals surface area contributed by atoms with Crippen LogP contribution in [-0.4, -0.2) is 24.5 Å². The first-order valence-corrected chi connectivity index (χ1v) is 7.90. The molecule has 0 N–H and O–H groups in total. The normalized spacial score (nSPS) is 17.3. The van der Waals surface area contributed by atoms with Crippen LogP contribution in [-0.2, 0) is 15.3 Å². The van der Waals surface area contributed by atoms with Gasteiger partial charge in [-0.2, -0.15) is 0 Å². The van der Waals surface area contributed by atoms with E-state index >= 15 is 0 Å². The lowest BCUT2D eigenvalue weighted by Gasteiger charge is -2.28. The van der Waals surface area contributed by atoms with E-state index in [4.69, 9.17) is 21.1 Å². The van der Waals surface area contributed by atoms with Crippen molar-refractivity contribution in [3.05, 3.63) is 58.7 Å². The molecule has 0 radical (unpaired) electrons. The van der Waals surface area contributed by atoms with E-state index in [0.29, 0.717) is 18.2 Å². The molecule has 5 heteroatoms. The Morgan fingerprint density at radius 2 is 1.85 bits per heavy atom.